The lowest BCUT2D eigenvalue weighted by Crippen LogP contribution is -2.43. The summed E-state index contributed by atoms with van der Waals surface area (Å²) in [6.45, 7) is 6.69. The Balaban J connectivity index is -0.000000956. The molecule has 25 nitrogen and oxygen atoms in total. The van der Waals surface area contributed by atoms with Crippen LogP contribution in [-0.4, -0.2) is 152 Å². The number of nitrogens with one attached hydrogen (secondary N) is 6. The zero-order valence-electron chi connectivity index (χ0n) is 46.9. The molecule has 0 saturated carbocycles. The van der Waals surface area contributed by atoms with E-state index in [1.54, 1.807) is 20.1 Å². The van der Waals surface area contributed by atoms with Gasteiger partial charge in [-0.2, -0.15) is 20.5 Å². The molecule has 6 unspecified atom stereocenters. The molecule has 0 bridgehead atoms. The molecular formula is C51H91F2N7O18S2. The van der Waals surface area contributed by atoms with Crippen LogP contribution in [0.4, 0.5) is 8.78 Å². The number of hydrogen-bond acceptors (Lipinski definition) is 16. The maximum Gasteiger partial charge on any atom is 0.326 e. The number of nitrogens with two attached hydrogens (primary N) is 1. The van der Waals surface area contributed by atoms with Crippen molar-refractivity contribution in [2.45, 2.75) is 231 Å². The molecule has 0 aromatic heterocycles. The van der Waals surface area contributed by atoms with E-state index < -0.39 is 102 Å². The number of primary amides is 1. The highest BCUT2D eigenvalue weighted by atomic mass is 32.2. The van der Waals surface area contributed by atoms with Gasteiger partial charge in [-0.05, 0) is 65.0 Å². The minimum absolute atomic E-state index is 0.0949. The Hall–Kier alpha value is -5.97. The van der Waals surface area contributed by atoms with E-state index in [0.717, 1.165) is 57.8 Å². The average Bonchev–Trinajstić information content (AvgIpc) is 3.38. The molecule has 0 heterocycles. The first kappa shape index (κ1) is 82.9. The third-order valence-electron chi connectivity index (χ3n) is 11.1. The van der Waals surface area contributed by atoms with Crippen molar-refractivity contribution in [1.29, 1.82) is 0 Å². The van der Waals surface area contributed by atoms with Gasteiger partial charge in [0.25, 0.3) is 12.9 Å². The van der Waals surface area contributed by atoms with Gasteiger partial charge < -0.3 is 57.9 Å². The van der Waals surface area contributed by atoms with Crippen LogP contribution < -0.4 is 37.0 Å². The molecule has 0 aliphatic carbocycles. The topological polar surface area (TPSA) is 421 Å². The third-order valence-corrected chi connectivity index (χ3v) is 12.1. The minimum atomic E-state index is -1.83. The number of carbonyl (C=O) groups is 13. The van der Waals surface area contributed by atoms with E-state index in [9.17, 15) is 71.7 Å². The second-order valence-corrected chi connectivity index (χ2v) is 19.1. The molecule has 0 rings (SSSR count). The van der Waals surface area contributed by atoms with E-state index in [1.165, 1.54) is 37.4 Å². The van der Waals surface area contributed by atoms with Gasteiger partial charge in [0.2, 0.25) is 35.4 Å². The van der Waals surface area contributed by atoms with Crippen molar-refractivity contribution in [3.05, 3.63) is 0 Å². The van der Waals surface area contributed by atoms with E-state index in [1.807, 2.05) is 13.8 Å². The summed E-state index contributed by atoms with van der Waals surface area (Å²) in [5.41, 5.74) is 4.99. The summed E-state index contributed by atoms with van der Waals surface area (Å²) in [5, 5.41) is 53.9. The first-order valence-electron chi connectivity index (χ1n) is 26.7. The second kappa shape index (κ2) is 57.7. The molecule has 0 spiro atoms. The Morgan fingerprint density at radius 2 is 0.738 bits per heavy atom. The number of hydrogen-bond donors (Lipinski definition) is 13. The van der Waals surface area contributed by atoms with Crippen LogP contribution in [-0.2, 0) is 62.3 Å². The van der Waals surface area contributed by atoms with Crippen molar-refractivity contribution in [2.24, 2.45) is 5.73 Å². The van der Waals surface area contributed by atoms with Crippen LogP contribution in [0, 0.1) is 0 Å². The van der Waals surface area contributed by atoms with Crippen molar-refractivity contribution in [2.75, 3.05) is 12.0 Å². The summed E-state index contributed by atoms with van der Waals surface area (Å²) >= 11 is 4.96. The van der Waals surface area contributed by atoms with Gasteiger partial charge in [0.1, 0.15) is 24.2 Å². The second-order valence-electron chi connectivity index (χ2n) is 17.9. The molecule has 0 saturated heterocycles. The number of thioether (sulfide) groups is 1. The fourth-order valence-electron chi connectivity index (χ4n) is 6.93. The minimum Gasteiger partial charge on any atom is -0.483 e. The van der Waals surface area contributed by atoms with Gasteiger partial charge in [-0.1, -0.05) is 104 Å². The summed E-state index contributed by atoms with van der Waals surface area (Å²) in [6, 6.07) is -9.21. The Bertz CT molecular complexity index is 1790. The van der Waals surface area contributed by atoms with E-state index >= 15 is 0 Å². The molecule has 13 N–H and O–H groups in total. The zero-order valence-corrected chi connectivity index (χ0v) is 48.7. The maximum atomic E-state index is 13.2. The molecule has 0 aromatic carbocycles. The van der Waals surface area contributed by atoms with Crippen LogP contribution in [0.5, 0.6) is 0 Å². The smallest absolute Gasteiger partial charge is 0.326 e. The predicted molar refractivity (Wildman–Crippen MR) is 298 cm³/mol. The molecule has 80 heavy (non-hydrogen) atoms. The molecule has 0 fully saturated rings. The van der Waals surface area contributed by atoms with E-state index in [0.29, 0.717) is 12.2 Å². The van der Waals surface area contributed by atoms with Crippen LogP contribution in [0.3, 0.4) is 0 Å². The molecule has 29 heteroatoms. The van der Waals surface area contributed by atoms with Crippen molar-refractivity contribution < 1.29 is 96.6 Å². The molecule has 0 radical (unpaired) electrons. The number of amides is 6. The number of thiol groups is 1. The normalized spacial score (nSPS) is 12.3. The lowest BCUT2D eigenvalue weighted by molar-refractivity contribution is -0.142. The Labute approximate surface area is 477 Å². The number of carbonyl (C=O) groups excluding carboxylic acids is 8. The highest BCUT2D eigenvalue weighted by Crippen LogP contribution is 2.14. The van der Waals surface area contributed by atoms with E-state index in [2.05, 4.69) is 44.1 Å². The van der Waals surface area contributed by atoms with Gasteiger partial charge in [0, 0.05) is 62.8 Å². The number of rotatable bonds is 44. The predicted octanol–water partition coefficient (Wildman–Crippen LogP) is 4.90. The Kier molecular flexibility index (Phi) is 59.8. The van der Waals surface area contributed by atoms with E-state index in [4.69, 9.17) is 30.6 Å². The average molecular weight is 1190 g/mol. The standard InChI is InChI=1S/C43H73FN6O13.C4H8FNOS2.C2H6.2CH2O2/c1-29(19-25-38(55)48-31(41(44)59)21-24-34(45)51)46-37(54)28-23-33(43(62)63)50-39(56)26-20-30(2)47-36(53)27-22-32(42(60)61)49-35(52)17-15-13-11-9-7-5-3-4-6-8-10-12-14-16-18-40(57)58;1-9-2-3(6-8)4(5)7;1-2;2*2-1-3/h29-33H,3-28H2,1-2H3,(H2,45,51)(H,46,54)(H,47,53)(H,48,55)(H,49,52)(H,50,56)(H,57,58)(H,60,61)(H,62,63);3,6,8H,2H2,1H3;1-2H3;2*1H,(H,2,3). The fraction of sp³-hybridized carbons (Fsp3) is 0.745. The number of unbranched alkanes of at least 4 members (excludes halogenated alkanes) is 13. The summed E-state index contributed by atoms with van der Waals surface area (Å²) < 4.78 is 27.2. The summed E-state index contributed by atoms with van der Waals surface area (Å²) in [7, 11) is 0. The monoisotopic (exact) mass is 1190 g/mol. The molecule has 0 aliphatic heterocycles. The van der Waals surface area contributed by atoms with Crippen LogP contribution in [0.15, 0.2) is 0 Å². The van der Waals surface area contributed by atoms with Crippen LogP contribution in [0.25, 0.3) is 0 Å². The first-order chi connectivity index (χ1) is 37.8. The summed E-state index contributed by atoms with van der Waals surface area (Å²) in [5.74, 6) is -6.50. The van der Waals surface area contributed by atoms with Gasteiger partial charge in [0.15, 0.2) is 0 Å². The van der Waals surface area contributed by atoms with Gasteiger partial charge in [-0.25, -0.2) is 9.59 Å². The van der Waals surface area contributed by atoms with Crippen LogP contribution in [0.2, 0.25) is 0 Å². The van der Waals surface area contributed by atoms with Crippen LogP contribution >= 0.6 is 24.6 Å². The summed E-state index contributed by atoms with van der Waals surface area (Å²) in [4.78, 5) is 145. The van der Waals surface area contributed by atoms with Gasteiger partial charge in [-0.15, -0.1) is 0 Å². The van der Waals surface area contributed by atoms with Gasteiger partial charge in [0.05, 0.1) is 0 Å². The lowest BCUT2D eigenvalue weighted by Gasteiger charge is -2.18. The molecular weight excluding hydrogens is 1100 g/mol. The van der Waals surface area contributed by atoms with Crippen molar-refractivity contribution >= 4 is 103 Å². The molecule has 6 atom stereocenters. The molecule has 6 amide bonds. The number of halogens is 2. The molecule has 464 valence electrons. The molecule has 0 aromatic rings. The first-order valence-corrected chi connectivity index (χ1v) is 28.5. The van der Waals surface area contributed by atoms with Crippen LogP contribution in [0.1, 0.15) is 195 Å². The summed E-state index contributed by atoms with van der Waals surface area (Å²) in [6.07, 6.45) is 15.2. The van der Waals surface area contributed by atoms with Gasteiger partial charge in [-0.3, -0.25) is 57.5 Å². The van der Waals surface area contributed by atoms with Crippen molar-refractivity contribution in [3.8, 4) is 0 Å². The maximum absolute atomic E-state index is 13.2. The SMILES string of the molecule is CC.CC(CCC(=O)NC(CCC(=O)NC(C)CCC(=O)NC(CCC(N)=O)C(=O)F)C(=O)O)NC(=O)CCC(NC(=O)CCCCCCCCCCCCCCCCC(=O)O)C(=O)O.CSCC(NS)C(=O)F.O=CO.O=CO. The molecule has 0 aliphatic rings. The van der Waals surface area contributed by atoms with Gasteiger partial charge >= 0.3 is 30.0 Å². The zero-order chi connectivity index (χ0) is 62.3. The van der Waals surface area contributed by atoms with E-state index in [-0.39, 0.29) is 90.0 Å². The lowest BCUT2D eigenvalue weighted by atomic mass is 10.0. The number of aliphatic carboxylic acids is 3. The number of carboxylic acids is 3. The Morgan fingerprint density at radius 3 is 1.01 bits per heavy atom. The fourth-order valence-corrected chi connectivity index (χ4v) is 7.79. The van der Waals surface area contributed by atoms with Crippen molar-refractivity contribution in [1.82, 2.24) is 31.3 Å². The van der Waals surface area contributed by atoms with Crippen molar-refractivity contribution in [3.63, 3.8) is 0 Å². The third kappa shape index (κ3) is 58.2. The largest absolute Gasteiger partial charge is 0.483 e. The highest BCUT2D eigenvalue weighted by molar-refractivity contribution is 7.98. The Morgan fingerprint density at radius 1 is 0.463 bits per heavy atom. The quantitative estimate of drug-likeness (QED) is 0.0167. The number of carboxylic acid groups (broad SMARTS) is 5. The highest BCUT2D eigenvalue weighted by Gasteiger charge is 2.25.